The maximum Gasteiger partial charge on any atom is -0.147 e. The van der Waals surface area contributed by atoms with Gasteiger partial charge in [0.2, 0.25) is 0 Å². The minimum absolute atomic E-state index is 0. The second kappa shape index (κ2) is 16.2. The normalized spacial score (nSPS) is 17.6. The smallest absolute Gasteiger partial charge is 0.147 e. The van der Waals surface area contributed by atoms with E-state index < -0.39 is 20.0 Å². The van der Waals surface area contributed by atoms with Crippen LogP contribution in [0.25, 0.3) is 77.5 Å². The largest absolute Gasteiger partial charge is 0.147 e. The Kier molecular flexibility index (Phi) is 11.1. The zero-order chi connectivity index (χ0) is 39.1. The molecule has 1 saturated heterocycles. The first-order valence-corrected chi connectivity index (χ1v) is 31.1. The molecule has 11 rings (SSSR count). The van der Waals surface area contributed by atoms with Gasteiger partial charge in [-0.05, 0) is 0 Å². The summed E-state index contributed by atoms with van der Waals surface area (Å²) in [7, 11) is 0. The van der Waals surface area contributed by atoms with Crippen LogP contribution in [-0.2, 0) is 20.0 Å². The van der Waals surface area contributed by atoms with Gasteiger partial charge in [0.1, 0.15) is 0 Å². The van der Waals surface area contributed by atoms with Crippen LogP contribution in [0.3, 0.4) is 0 Å². The third-order valence-electron chi connectivity index (χ3n) is 14.1. The summed E-state index contributed by atoms with van der Waals surface area (Å²) in [6.07, 6.45) is 9.21. The van der Waals surface area contributed by atoms with Gasteiger partial charge in [0.25, 0.3) is 0 Å². The van der Waals surface area contributed by atoms with Crippen LogP contribution < -0.4 is 0 Å². The fourth-order valence-corrected chi connectivity index (χ4v) is 34.5. The van der Waals surface area contributed by atoms with E-state index in [1.807, 2.05) is 0 Å². The zero-order valence-electron chi connectivity index (χ0n) is 35.2. The molecular weight excluding hydrogens is 934 g/mol. The van der Waals surface area contributed by atoms with Gasteiger partial charge in [0.05, 0.1) is 0 Å². The van der Waals surface area contributed by atoms with Gasteiger partial charge >= 0.3 is 351 Å². The third-order valence-corrected chi connectivity index (χ3v) is 36.5. The summed E-state index contributed by atoms with van der Waals surface area (Å²) in [4.78, 5) is 0. The van der Waals surface area contributed by atoms with Gasteiger partial charge in [-0.1, -0.05) is 0 Å². The van der Waals surface area contributed by atoms with E-state index in [4.69, 9.17) is 0 Å². The van der Waals surface area contributed by atoms with Crippen molar-refractivity contribution < 1.29 is 20.0 Å². The molecule has 0 N–H and O–H groups in total. The van der Waals surface area contributed by atoms with Crippen molar-refractivity contribution in [2.75, 3.05) is 0 Å². The standard InChI is InChI=1S/2C27H23.C3H6.2ClH.Hf/c2*1-18(2)14-19-15-20-10-7-13-25(26(20)16-19)27-23-11-5-3-8-21(23)17-22-9-4-6-12-24(22)27;1-3-2;;;/h2*3-13,15-18H,14H2,1-2H3;1-3H2;2*1H;. The van der Waals surface area contributed by atoms with E-state index in [0.29, 0.717) is 19.2 Å². The van der Waals surface area contributed by atoms with Gasteiger partial charge in [-0.15, -0.1) is 24.8 Å². The van der Waals surface area contributed by atoms with E-state index in [0.717, 1.165) is 0 Å². The summed E-state index contributed by atoms with van der Waals surface area (Å²) in [5.41, 5.74) is 15.5. The van der Waals surface area contributed by atoms with Crippen molar-refractivity contribution in [3.8, 4) is 22.3 Å². The zero-order valence-corrected chi connectivity index (χ0v) is 40.4. The molecule has 300 valence electrons. The number of hydrogen-bond acceptors (Lipinski definition) is 0. The SMILES string of the molecule is CC(C)CC1=Cc2c(-c3c4ccccc4cc4ccccc34)cccc2[CH]1[Hf]1([CH]2C(CC(C)C)=Cc3c(-c4c5ccccc5cc5ccccc45)cccc32)[CH2]C[CH2]1.Cl.Cl. The Balaban J connectivity index is 0.00000231. The van der Waals surface area contributed by atoms with Gasteiger partial charge < -0.3 is 0 Å². The number of benzene rings is 8. The maximum absolute atomic E-state index is 3.33. The van der Waals surface area contributed by atoms with Crippen LogP contribution in [0.2, 0.25) is 8.35 Å². The molecule has 3 heteroatoms. The minimum atomic E-state index is -3.33. The summed E-state index contributed by atoms with van der Waals surface area (Å²) in [5.74, 6) is 1.23. The van der Waals surface area contributed by atoms with Crippen LogP contribution in [-0.4, -0.2) is 0 Å². The Morgan fingerprint density at radius 2 is 0.800 bits per heavy atom. The third kappa shape index (κ3) is 6.49. The molecule has 2 atom stereocenters. The molecule has 60 heavy (non-hydrogen) atoms. The minimum Gasteiger partial charge on any atom is -0.147 e. The molecule has 1 heterocycles. The Bertz CT molecular complexity index is 2710. The molecule has 0 spiro atoms. The molecule has 2 aliphatic carbocycles. The molecule has 0 radical (unpaired) electrons. The van der Waals surface area contributed by atoms with E-state index >= 15 is 0 Å². The van der Waals surface area contributed by atoms with Crippen molar-refractivity contribution in [3.05, 3.63) is 179 Å². The molecule has 3 aliphatic rings. The Morgan fingerprint density at radius 1 is 0.450 bits per heavy atom. The van der Waals surface area contributed by atoms with Gasteiger partial charge in [0, 0.05) is 0 Å². The molecule has 0 bridgehead atoms. The molecule has 0 nitrogen and oxygen atoms in total. The van der Waals surface area contributed by atoms with Crippen molar-refractivity contribution in [1.29, 1.82) is 0 Å². The van der Waals surface area contributed by atoms with Crippen molar-refractivity contribution >= 4 is 80.1 Å². The monoisotopic (exact) mass is 988 g/mol. The molecule has 1 aliphatic heterocycles. The predicted molar refractivity (Wildman–Crippen MR) is 263 cm³/mol. The second-order valence-corrected chi connectivity index (χ2v) is 35.2. The molecular formula is C57H54Cl2Hf. The van der Waals surface area contributed by atoms with Crippen LogP contribution in [0.4, 0.5) is 0 Å². The number of allylic oxidation sites excluding steroid dienone is 2. The van der Waals surface area contributed by atoms with Crippen LogP contribution >= 0.6 is 24.8 Å². The molecule has 8 aromatic carbocycles. The van der Waals surface area contributed by atoms with Gasteiger partial charge in [-0.25, -0.2) is 0 Å². The van der Waals surface area contributed by atoms with E-state index in [1.54, 1.807) is 22.3 Å². The first kappa shape index (κ1) is 41.1. The molecule has 0 aromatic heterocycles. The molecule has 8 aromatic rings. The quantitative estimate of drug-likeness (QED) is 0.105. The first-order chi connectivity index (χ1) is 28.4. The average Bonchev–Trinajstić information content (AvgIpc) is 3.76. The molecule has 0 amide bonds. The van der Waals surface area contributed by atoms with Crippen LogP contribution in [0.5, 0.6) is 0 Å². The van der Waals surface area contributed by atoms with Crippen molar-refractivity contribution in [3.63, 3.8) is 0 Å². The molecule has 0 saturated carbocycles. The van der Waals surface area contributed by atoms with E-state index in [1.165, 1.54) is 104 Å². The topological polar surface area (TPSA) is 0 Å². The van der Waals surface area contributed by atoms with E-state index in [-0.39, 0.29) is 24.8 Å². The fraction of sp³-hybridized carbons (Fsp3) is 0.228. The predicted octanol–water partition coefficient (Wildman–Crippen LogP) is 17.5. The van der Waals surface area contributed by atoms with Crippen LogP contribution in [0, 0.1) is 11.8 Å². The van der Waals surface area contributed by atoms with Gasteiger partial charge in [-0.3, -0.25) is 0 Å². The average molecular weight is 988 g/mol. The van der Waals surface area contributed by atoms with Crippen molar-refractivity contribution in [2.24, 2.45) is 11.8 Å². The number of hydrogen-bond donors (Lipinski definition) is 0. The number of fused-ring (bicyclic) bond motifs is 6. The van der Waals surface area contributed by atoms with Gasteiger partial charge in [0.15, 0.2) is 0 Å². The van der Waals surface area contributed by atoms with Crippen molar-refractivity contribution in [2.45, 2.75) is 62.7 Å². The summed E-state index contributed by atoms with van der Waals surface area (Å²) in [5, 5.41) is 10.7. The molecule has 1 fully saturated rings. The van der Waals surface area contributed by atoms with Gasteiger partial charge in [-0.2, -0.15) is 0 Å². The summed E-state index contributed by atoms with van der Waals surface area (Å²) < 4.78 is 4.17. The van der Waals surface area contributed by atoms with Crippen LogP contribution in [0.15, 0.2) is 157 Å². The van der Waals surface area contributed by atoms with E-state index in [2.05, 4.69) is 185 Å². The summed E-state index contributed by atoms with van der Waals surface area (Å²) >= 11 is -3.33. The Morgan fingerprint density at radius 3 is 1.12 bits per heavy atom. The second-order valence-electron chi connectivity index (χ2n) is 18.6. The summed E-state index contributed by atoms with van der Waals surface area (Å²) in [6, 6.07) is 55.9. The fourth-order valence-electron chi connectivity index (χ4n) is 12.0. The Labute approximate surface area is 373 Å². The first-order valence-electron chi connectivity index (χ1n) is 21.9. The van der Waals surface area contributed by atoms with Crippen molar-refractivity contribution in [1.82, 2.24) is 0 Å². The summed E-state index contributed by atoms with van der Waals surface area (Å²) in [6.45, 7) is 9.78. The molecule has 2 unspecified atom stereocenters. The Hall–Kier alpha value is -4.27. The van der Waals surface area contributed by atoms with E-state index in [9.17, 15) is 0 Å². The number of halogens is 2. The van der Waals surface area contributed by atoms with Crippen LogP contribution in [0.1, 0.15) is 76.6 Å². The number of rotatable bonds is 8. The maximum atomic E-state index is 2.73.